The van der Waals surface area contributed by atoms with E-state index in [0.29, 0.717) is 5.75 Å². The first-order valence-electron chi connectivity index (χ1n) is 4.31. The quantitative estimate of drug-likeness (QED) is 0.687. The van der Waals surface area contributed by atoms with Crippen molar-refractivity contribution in [1.82, 2.24) is 0 Å². The molecule has 0 unspecified atom stereocenters. The molecule has 0 saturated heterocycles. The summed E-state index contributed by atoms with van der Waals surface area (Å²) in [6, 6.07) is 5.92. The fourth-order valence-corrected chi connectivity index (χ4v) is 1.01. The second-order valence-corrected chi connectivity index (χ2v) is 3.97. The lowest BCUT2D eigenvalue weighted by Crippen LogP contribution is -2.22. The Bertz CT molecular complexity index is 374. The highest BCUT2D eigenvalue weighted by atomic mass is 19.1. The van der Waals surface area contributed by atoms with E-state index in [2.05, 4.69) is 0 Å². The molecule has 1 rings (SSSR count). The number of nitrogens with zero attached hydrogens (tertiary/aromatic N) is 1. The van der Waals surface area contributed by atoms with E-state index in [1.807, 2.05) is 20.8 Å². The monoisotopic (exact) mass is 193 g/mol. The van der Waals surface area contributed by atoms with Gasteiger partial charge in [0, 0.05) is 6.07 Å². The van der Waals surface area contributed by atoms with Crippen LogP contribution in [0.25, 0.3) is 0 Å². The van der Waals surface area contributed by atoms with Gasteiger partial charge in [-0.1, -0.05) is 0 Å². The Hall–Kier alpha value is -1.56. The minimum atomic E-state index is -0.520. The van der Waals surface area contributed by atoms with Crippen molar-refractivity contribution >= 4 is 0 Å². The van der Waals surface area contributed by atoms with Crippen molar-refractivity contribution in [2.24, 2.45) is 0 Å². The van der Waals surface area contributed by atoms with Crippen LogP contribution < -0.4 is 4.74 Å². The SMILES string of the molecule is CC(C)(C)Oc1ccc(F)c(C#N)c1. The maximum absolute atomic E-state index is 12.9. The first kappa shape index (κ1) is 10.5. The minimum Gasteiger partial charge on any atom is -0.488 e. The molecule has 2 nitrogen and oxygen atoms in total. The van der Waals surface area contributed by atoms with Crippen LogP contribution in [0.5, 0.6) is 5.75 Å². The fourth-order valence-electron chi connectivity index (χ4n) is 1.01. The third-order valence-electron chi connectivity index (χ3n) is 1.48. The van der Waals surface area contributed by atoms with Gasteiger partial charge in [-0.15, -0.1) is 0 Å². The summed E-state index contributed by atoms with van der Waals surface area (Å²) < 4.78 is 18.4. The number of benzene rings is 1. The molecule has 0 fully saturated rings. The summed E-state index contributed by atoms with van der Waals surface area (Å²) in [7, 11) is 0. The van der Waals surface area contributed by atoms with Crippen LogP contribution >= 0.6 is 0 Å². The van der Waals surface area contributed by atoms with Gasteiger partial charge in [-0.3, -0.25) is 0 Å². The molecule has 0 bridgehead atoms. The van der Waals surface area contributed by atoms with Gasteiger partial charge in [-0.25, -0.2) is 4.39 Å². The van der Waals surface area contributed by atoms with E-state index >= 15 is 0 Å². The summed E-state index contributed by atoms with van der Waals surface area (Å²) >= 11 is 0. The smallest absolute Gasteiger partial charge is 0.141 e. The third kappa shape index (κ3) is 2.74. The lowest BCUT2D eigenvalue weighted by Gasteiger charge is -2.21. The molecule has 0 aromatic heterocycles. The van der Waals surface area contributed by atoms with Crippen molar-refractivity contribution in [2.45, 2.75) is 26.4 Å². The van der Waals surface area contributed by atoms with E-state index in [0.717, 1.165) is 0 Å². The van der Waals surface area contributed by atoms with E-state index in [4.69, 9.17) is 10.00 Å². The van der Waals surface area contributed by atoms with Gasteiger partial charge in [-0.2, -0.15) is 5.26 Å². The van der Waals surface area contributed by atoms with Gasteiger partial charge in [0.05, 0.1) is 5.56 Å². The van der Waals surface area contributed by atoms with Crippen molar-refractivity contribution in [3.63, 3.8) is 0 Å². The van der Waals surface area contributed by atoms with Crippen LogP contribution in [-0.4, -0.2) is 5.60 Å². The second kappa shape index (κ2) is 3.67. The summed E-state index contributed by atoms with van der Waals surface area (Å²) in [4.78, 5) is 0. The zero-order chi connectivity index (χ0) is 10.8. The van der Waals surface area contributed by atoms with Crippen LogP contribution in [0, 0.1) is 17.1 Å². The number of nitriles is 1. The standard InChI is InChI=1S/C11H12FNO/c1-11(2,3)14-9-4-5-10(12)8(6-9)7-13/h4-6H,1-3H3. The van der Waals surface area contributed by atoms with Gasteiger partial charge in [0.2, 0.25) is 0 Å². The lowest BCUT2D eigenvalue weighted by molar-refractivity contribution is 0.131. The minimum absolute atomic E-state index is 0.00625. The van der Waals surface area contributed by atoms with E-state index in [9.17, 15) is 4.39 Å². The highest BCUT2D eigenvalue weighted by molar-refractivity contribution is 5.37. The average molecular weight is 193 g/mol. The number of hydrogen-bond acceptors (Lipinski definition) is 2. The summed E-state index contributed by atoms with van der Waals surface area (Å²) in [5, 5.41) is 8.60. The lowest BCUT2D eigenvalue weighted by atomic mass is 10.1. The molecule has 0 heterocycles. The molecule has 0 spiro atoms. The molecule has 74 valence electrons. The van der Waals surface area contributed by atoms with Crippen molar-refractivity contribution < 1.29 is 9.13 Å². The van der Waals surface area contributed by atoms with Gasteiger partial charge in [-0.05, 0) is 32.9 Å². The Morgan fingerprint density at radius 1 is 1.36 bits per heavy atom. The molecule has 0 amide bonds. The van der Waals surface area contributed by atoms with E-state index in [1.165, 1.54) is 18.2 Å². The Labute approximate surface area is 82.9 Å². The Kier molecular flexibility index (Phi) is 2.76. The zero-order valence-corrected chi connectivity index (χ0v) is 8.47. The Morgan fingerprint density at radius 2 is 2.00 bits per heavy atom. The molecular formula is C11H12FNO. The van der Waals surface area contributed by atoms with Gasteiger partial charge in [0.1, 0.15) is 23.2 Å². The molecule has 0 atom stereocenters. The number of halogens is 1. The van der Waals surface area contributed by atoms with Crippen LogP contribution in [0.1, 0.15) is 26.3 Å². The van der Waals surface area contributed by atoms with E-state index in [-0.39, 0.29) is 11.2 Å². The van der Waals surface area contributed by atoms with Crippen molar-refractivity contribution in [3.05, 3.63) is 29.6 Å². The molecule has 1 aromatic rings. The van der Waals surface area contributed by atoms with Crippen LogP contribution in [0.15, 0.2) is 18.2 Å². The highest BCUT2D eigenvalue weighted by Crippen LogP contribution is 2.20. The predicted molar refractivity (Wildman–Crippen MR) is 51.5 cm³/mol. The van der Waals surface area contributed by atoms with E-state index in [1.54, 1.807) is 6.07 Å². The number of hydrogen-bond donors (Lipinski definition) is 0. The van der Waals surface area contributed by atoms with Crippen molar-refractivity contribution in [2.75, 3.05) is 0 Å². The van der Waals surface area contributed by atoms with Crippen molar-refractivity contribution in [1.29, 1.82) is 5.26 Å². The van der Waals surface area contributed by atoms with Crippen LogP contribution in [0.4, 0.5) is 4.39 Å². The zero-order valence-electron chi connectivity index (χ0n) is 8.47. The molecule has 0 aliphatic heterocycles. The normalized spacial score (nSPS) is 10.8. The Balaban J connectivity index is 2.97. The number of rotatable bonds is 1. The molecule has 0 aliphatic rings. The van der Waals surface area contributed by atoms with Crippen LogP contribution in [0.3, 0.4) is 0 Å². The van der Waals surface area contributed by atoms with Crippen molar-refractivity contribution in [3.8, 4) is 11.8 Å². The molecular weight excluding hydrogens is 181 g/mol. The molecule has 0 radical (unpaired) electrons. The molecule has 1 aromatic carbocycles. The predicted octanol–water partition coefficient (Wildman–Crippen LogP) is 2.87. The van der Waals surface area contributed by atoms with Crippen LogP contribution in [0.2, 0.25) is 0 Å². The first-order chi connectivity index (χ1) is 6.42. The Morgan fingerprint density at radius 3 is 2.50 bits per heavy atom. The molecule has 0 N–H and O–H groups in total. The van der Waals surface area contributed by atoms with E-state index < -0.39 is 5.82 Å². The van der Waals surface area contributed by atoms with Gasteiger partial charge >= 0.3 is 0 Å². The largest absolute Gasteiger partial charge is 0.488 e. The second-order valence-electron chi connectivity index (χ2n) is 3.97. The molecule has 3 heteroatoms. The molecule has 0 saturated carbocycles. The molecule has 0 aliphatic carbocycles. The maximum atomic E-state index is 12.9. The molecule has 14 heavy (non-hydrogen) atoms. The highest BCUT2D eigenvalue weighted by Gasteiger charge is 2.12. The number of ether oxygens (including phenoxy) is 1. The van der Waals surface area contributed by atoms with Gasteiger partial charge in [0.15, 0.2) is 0 Å². The first-order valence-corrected chi connectivity index (χ1v) is 4.31. The topological polar surface area (TPSA) is 33.0 Å². The summed E-state index contributed by atoms with van der Waals surface area (Å²) in [5.41, 5.74) is -0.336. The average Bonchev–Trinajstić information content (AvgIpc) is 2.06. The summed E-state index contributed by atoms with van der Waals surface area (Å²) in [5.74, 6) is -0.00999. The summed E-state index contributed by atoms with van der Waals surface area (Å²) in [6.07, 6.45) is 0. The van der Waals surface area contributed by atoms with Crippen LogP contribution in [-0.2, 0) is 0 Å². The third-order valence-corrected chi connectivity index (χ3v) is 1.48. The summed E-state index contributed by atoms with van der Waals surface area (Å²) in [6.45, 7) is 5.67. The van der Waals surface area contributed by atoms with Gasteiger partial charge < -0.3 is 4.74 Å². The maximum Gasteiger partial charge on any atom is 0.141 e. The fraction of sp³-hybridized carbons (Fsp3) is 0.364. The van der Waals surface area contributed by atoms with Gasteiger partial charge in [0.25, 0.3) is 0 Å².